The molecule has 0 aliphatic rings. The quantitative estimate of drug-likeness (QED) is 0.644. The fourth-order valence-electron chi connectivity index (χ4n) is 1.12. The van der Waals surface area contributed by atoms with E-state index in [2.05, 4.69) is 27.7 Å². The molecule has 98 valence electrons. The molecule has 0 saturated heterocycles. The van der Waals surface area contributed by atoms with E-state index in [9.17, 15) is 3.74 Å². The van der Waals surface area contributed by atoms with Crippen molar-refractivity contribution in [1.82, 2.24) is 0 Å². The summed E-state index contributed by atoms with van der Waals surface area (Å²) in [6.07, 6.45) is 0. The Bertz CT molecular complexity index is 208. The van der Waals surface area contributed by atoms with E-state index in [-0.39, 0.29) is 0 Å². The van der Waals surface area contributed by atoms with Crippen molar-refractivity contribution in [2.24, 2.45) is 17.8 Å². The molecule has 0 radical (unpaired) electrons. The molecule has 0 aromatic rings. The van der Waals surface area contributed by atoms with Gasteiger partial charge in [0.25, 0.3) is 0 Å². The first-order valence-electron chi connectivity index (χ1n) is 6.13. The molecular weight excluding hydrogens is 267 g/mol. The van der Waals surface area contributed by atoms with Crippen LogP contribution in [-0.2, 0) is 11.2 Å². The fourth-order valence-corrected chi connectivity index (χ4v) is 5.79. The Labute approximate surface area is 103 Å². The molecule has 0 aromatic carbocycles. The van der Waals surface area contributed by atoms with Gasteiger partial charge < -0.3 is 0 Å². The molecule has 0 bridgehead atoms. The maximum absolute atomic E-state index is 12.4. The molecule has 0 fully saturated rings. The zero-order valence-electron chi connectivity index (χ0n) is 11.5. The second-order valence-electron chi connectivity index (χ2n) is 5.57. The van der Waals surface area contributed by atoms with Crippen LogP contribution in [0, 0.1) is 17.8 Å². The van der Waals surface area contributed by atoms with Gasteiger partial charge in [0.05, 0.1) is 0 Å². The van der Waals surface area contributed by atoms with Crippen LogP contribution in [0.5, 0.6) is 0 Å². The second-order valence-corrected chi connectivity index (χ2v) is 9.98. The standard InChI is InChI=1S/C12H27AsO3/c1-10(2)7-13(14,15-8-11(3)4)16-9-12(5)6/h10-12H,7-9H2,1-6H3. The van der Waals surface area contributed by atoms with Gasteiger partial charge in [0, 0.05) is 0 Å². The van der Waals surface area contributed by atoms with Gasteiger partial charge in [-0.25, -0.2) is 0 Å². The summed E-state index contributed by atoms with van der Waals surface area (Å²) in [5, 5.41) is 0.567. The first kappa shape index (κ1) is 16.3. The molecule has 0 amide bonds. The SMILES string of the molecule is CC(C)CO[As](=O)(CC(C)C)OCC(C)C. The van der Waals surface area contributed by atoms with E-state index in [1.165, 1.54) is 0 Å². The van der Waals surface area contributed by atoms with Crippen LogP contribution in [0.1, 0.15) is 41.5 Å². The van der Waals surface area contributed by atoms with Gasteiger partial charge in [-0.1, -0.05) is 0 Å². The molecule has 0 aliphatic heterocycles. The molecule has 4 heteroatoms. The van der Waals surface area contributed by atoms with Gasteiger partial charge in [0.1, 0.15) is 0 Å². The van der Waals surface area contributed by atoms with Crippen molar-refractivity contribution in [1.29, 1.82) is 0 Å². The second kappa shape index (κ2) is 7.57. The molecule has 16 heavy (non-hydrogen) atoms. The van der Waals surface area contributed by atoms with Crippen LogP contribution in [0.15, 0.2) is 0 Å². The van der Waals surface area contributed by atoms with Gasteiger partial charge in [-0.15, -0.1) is 0 Å². The number of rotatable bonds is 8. The first-order valence-corrected chi connectivity index (χ1v) is 9.76. The summed E-state index contributed by atoms with van der Waals surface area (Å²) < 4.78 is 23.5. The van der Waals surface area contributed by atoms with Crippen molar-refractivity contribution in [3.63, 3.8) is 0 Å². The predicted octanol–water partition coefficient (Wildman–Crippen LogP) is 3.36. The minimum atomic E-state index is -3.55. The monoisotopic (exact) mass is 294 g/mol. The van der Waals surface area contributed by atoms with Gasteiger partial charge in [0.15, 0.2) is 0 Å². The van der Waals surface area contributed by atoms with Gasteiger partial charge in [0.2, 0.25) is 0 Å². The summed E-state index contributed by atoms with van der Waals surface area (Å²) >= 11 is -3.55. The average molecular weight is 294 g/mol. The Hall–Kier alpha value is 0.278. The van der Waals surface area contributed by atoms with Crippen molar-refractivity contribution in [2.45, 2.75) is 46.8 Å². The van der Waals surface area contributed by atoms with E-state index in [0.717, 1.165) is 0 Å². The summed E-state index contributed by atoms with van der Waals surface area (Å²) in [6.45, 7) is 13.4. The van der Waals surface area contributed by atoms with Gasteiger partial charge >= 0.3 is 103 Å². The first-order chi connectivity index (χ1) is 7.25. The van der Waals surface area contributed by atoms with Crippen LogP contribution in [-0.4, -0.2) is 27.4 Å². The van der Waals surface area contributed by atoms with Crippen molar-refractivity contribution in [3.8, 4) is 0 Å². The van der Waals surface area contributed by atoms with Gasteiger partial charge in [-0.05, 0) is 0 Å². The summed E-state index contributed by atoms with van der Waals surface area (Å²) in [6, 6.07) is 0. The minimum absolute atomic E-state index is 0.351. The van der Waals surface area contributed by atoms with Crippen LogP contribution in [0.4, 0.5) is 0 Å². The number of hydrogen-bond donors (Lipinski definition) is 0. The van der Waals surface area contributed by atoms with E-state index in [1.54, 1.807) is 0 Å². The zero-order chi connectivity index (χ0) is 12.8. The predicted molar refractivity (Wildman–Crippen MR) is 67.7 cm³/mol. The van der Waals surface area contributed by atoms with Crippen LogP contribution in [0.3, 0.4) is 0 Å². The molecule has 0 spiro atoms. The van der Waals surface area contributed by atoms with E-state index >= 15 is 0 Å². The van der Waals surface area contributed by atoms with E-state index in [0.29, 0.717) is 36.2 Å². The van der Waals surface area contributed by atoms with Crippen LogP contribution >= 0.6 is 0 Å². The molecule has 0 saturated carbocycles. The fraction of sp³-hybridized carbons (Fsp3) is 1.00. The van der Waals surface area contributed by atoms with Gasteiger partial charge in [-0.2, -0.15) is 0 Å². The Morgan fingerprint density at radius 1 is 0.812 bits per heavy atom. The normalized spacial score (nSPS) is 13.1. The Morgan fingerprint density at radius 3 is 1.44 bits per heavy atom. The summed E-state index contributed by atoms with van der Waals surface area (Å²) in [4.78, 5) is 0. The Kier molecular flexibility index (Phi) is 7.71. The molecule has 0 rings (SSSR count). The van der Waals surface area contributed by atoms with Crippen LogP contribution < -0.4 is 0 Å². The van der Waals surface area contributed by atoms with E-state index < -0.39 is 14.2 Å². The molecular formula is C12H27AsO3. The molecule has 0 unspecified atom stereocenters. The maximum atomic E-state index is 12.4. The van der Waals surface area contributed by atoms with E-state index in [1.807, 2.05) is 13.8 Å². The molecule has 0 heterocycles. The summed E-state index contributed by atoms with van der Waals surface area (Å²) in [5.41, 5.74) is 0. The molecule has 0 aromatic heterocycles. The molecule has 0 aliphatic carbocycles. The average Bonchev–Trinajstić information content (AvgIpc) is 2.11. The molecule has 3 nitrogen and oxygen atoms in total. The summed E-state index contributed by atoms with van der Waals surface area (Å²) in [5.74, 6) is 1.14. The zero-order valence-corrected chi connectivity index (χ0v) is 13.4. The third-order valence-corrected chi connectivity index (χ3v) is 6.54. The van der Waals surface area contributed by atoms with Gasteiger partial charge in [-0.3, -0.25) is 0 Å². The van der Waals surface area contributed by atoms with Crippen molar-refractivity contribution in [2.75, 3.05) is 13.2 Å². The summed E-state index contributed by atoms with van der Waals surface area (Å²) in [7, 11) is 0. The van der Waals surface area contributed by atoms with Crippen molar-refractivity contribution >= 4 is 14.2 Å². The Balaban J connectivity index is 4.30. The topological polar surface area (TPSA) is 35.5 Å². The van der Waals surface area contributed by atoms with Crippen LogP contribution in [0.25, 0.3) is 0 Å². The third kappa shape index (κ3) is 8.43. The third-order valence-electron chi connectivity index (χ3n) is 1.80. The number of hydrogen-bond acceptors (Lipinski definition) is 3. The Morgan fingerprint density at radius 2 is 1.19 bits per heavy atom. The van der Waals surface area contributed by atoms with E-state index in [4.69, 9.17) is 7.45 Å². The molecule has 0 N–H and O–H groups in total. The van der Waals surface area contributed by atoms with Crippen molar-refractivity contribution in [3.05, 3.63) is 0 Å². The molecule has 0 atom stereocenters. The van der Waals surface area contributed by atoms with Crippen molar-refractivity contribution < 1.29 is 11.2 Å². The van der Waals surface area contributed by atoms with Crippen LogP contribution in [0.2, 0.25) is 5.21 Å².